The molecule has 0 aliphatic heterocycles. The summed E-state index contributed by atoms with van der Waals surface area (Å²) >= 11 is 3.44. The number of benzene rings is 1. The molecule has 1 heterocycles. The molecule has 0 bridgehead atoms. The van der Waals surface area contributed by atoms with Crippen LogP contribution in [0.2, 0.25) is 0 Å². The van der Waals surface area contributed by atoms with E-state index in [4.69, 9.17) is 0 Å². The number of hydrogen-bond donors (Lipinski definition) is 2. The molecule has 5 heteroatoms. The van der Waals surface area contributed by atoms with Gasteiger partial charge in [0.2, 0.25) is 0 Å². The zero-order chi connectivity index (χ0) is 15.2. The molecular formula is C16H21BrN4. The number of rotatable bonds is 6. The zero-order valence-electron chi connectivity index (χ0n) is 12.7. The van der Waals surface area contributed by atoms with Crippen LogP contribution < -0.4 is 10.6 Å². The summed E-state index contributed by atoms with van der Waals surface area (Å²) in [4.78, 5) is 9.18. The standard InChI is InChI=1S/C16H21BrN4/c1-4-10-18-15-11(3)16(21-14(5-2)20-15)19-13-8-6-12(17)7-9-13/h6-9H,4-5,10H2,1-3H3,(H2,18,19,20,21). The molecular weight excluding hydrogens is 328 g/mol. The average molecular weight is 349 g/mol. The van der Waals surface area contributed by atoms with Crippen LogP contribution in [0.5, 0.6) is 0 Å². The van der Waals surface area contributed by atoms with Crippen molar-refractivity contribution < 1.29 is 0 Å². The van der Waals surface area contributed by atoms with Crippen molar-refractivity contribution in [1.82, 2.24) is 9.97 Å². The number of nitrogens with zero attached hydrogens (tertiary/aromatic N) is 2. The van der Waals surface area contributed by atoms with E-state index in [1.807, 2.05) is 31.2 Å². The quantitative estimate of drug-likeness (QED) is 0.795. The second kappa shape index (κ2) is 7.41. The number of anilines is 3. The van der Waals surface area contributed by atoms with E-state index in [1.54, 1.807) is 0 Å². The molecule has 1 aromatic carbocycles. The van der Waals surface area contributed by atoms with Crippen molar-refractivity contribution in [2.45, 2.75) is 33.6 Å². The van der Waals surface area contributed by atoms with Crippen LogP contribution in [0.15, 0.2) is 28.7 Å². The SMILES string of the molecule is CCCNc1nc(CC)nc(Nc2ccc(Br)cc2)c1C. The summed E-state index contributed by atoms with van der Waals surface area (Å²) in [5.41, 5.74) is 2.06. The van der Waals surface area contributed by atoms with Crippen molar-refractivity contribution in [2.75, 3.05) is 17.2 Å². The first kappa shape index (κ1) is 15.8. The van der Waals surface area contributed by atoms with E-state index < -0.39 is 0 Å². The highest BCUT2D eigenvalue weighted by atomic mass is 79.9. The van der Waals surface area contributed by atoms with Gasteiger partial charge in [-0.1, -0.05) is 29.8 Å². The Labute approximate surface area is 134 Å². The van der Waals surface area contributed by atoms with Gasteiger partial charge in [-0.3, -0.25) is 0 Å². The molecule has 2 rings (SSSR count). The van der Waals surface area contributed by atoms with Crippen LogP contribution in [-0.2, 0) is 6.42 Å². The number of aromatic nitrogens is 2. The second-order valence-electron chi connectivity index (χ2n) is 4.87. The van der Waals surface area contributed by atoms with Crippen molar-refractivity contribution in [1.29, 1.82) is 0 Å². The van der Waals surface area contributed by atoms with Crippen LogP contribution in [0.3, 0.4) is 0 Å². The van der Waals surface area contributed by atoms with Gasteiger partial charge in [-0.15, -0.1) is 0 Å². The molecule has 2 aromatic rings. The molecule has 0 amide bonds. The summed E-state index contributed by atoms with van der Waals surface area (Å²) < 4.78 is 1.06. The van der Waals surface area contributed by atoms with Gasteiger partial charge < -0.3 is 10.6 Å². The Morgan fingerprint density at radius 1 is 1.05 bits per heavy atom. The number of hydrogen-bond acceptors (Lipinski definition) is 4. The van der Waals surface area contributed by atoms with Crippen molar-refractivity contribution in [3.8, 4) is 0 Å². The molecule has 0 aliphatic rings. The monoisotopic (exact) mass is 348 g/mol. The van der Waals surface area contributed by atoms with Gasteiger partial charge >= 0.3 is 0 Å². The lowest BCUT2D eigenvalue weighted by Gasteiger charge is -2.14. The van der Waals surface area contributed by atoms with Crippen molar-refractivity contribution in [2.24, 2.45) is 0 Å². The first-order valence-electron chi connectivity index (χ1n) is 7.28. The Morgan fingerprint density at radius 2 is 1.71 bits per heavy atom. The Kier molecular flexibility index (Phi) is 5.56. The van der Waals surface area contributed by atoms with Gasteiger partial charge in [0, 0.05) is 28.7 Å². The smallest absolute Gasteiger partial charge is 0.139 e. The van der Waals surface area contributed by atoms with Gasteiger partial charge in [-0.2, -0.15) is 0 Å². The third-order valence-electron chi connectivity index (χ3n) is 3.16. The number of aryl methyl sites for hydroxylation is 1. The molecule has 0 radical (unpaired) electrons. The molecule has 0 aliphatic carbocycles. The van der Waals surface area contributed by atoms with Gasteiger partial charge in [-0.05, 0) is 37.6 Å². The lowest BCUT2D eigenvalue weighted by molar-refractivity contribution is 0.911. The maximum atomic E-state index is 4.60. The zero-order valence-corrected chi connectivity index (χ0v) is 14.3. The van der Waals surface area contributed by atoms with Gasteiger partial charge in [0.25, 0.3) is 0 Å². The minimum Gasteiger partial charge on any atom is -0.370 e. The van der Waals surface area contributed by atoms with Crippen LogP contribution in [0, 0.1) is 6.92 Å². The highest BCUT2D eigenvalue weighted by molar-refractivity contribution is 9.10. The Bertz CT molecular complexity index is 596. The van der Waals surface area contributed by atoms with Crippen LogP contribution >= 0.6 is 15.9 Å². The predicted octanol–water partition coefficient (Wildman–Crippen LogP) is 4.68. The molecule has 0 saturated carbocycles. The molecule has 112 valence electrons. The first-order chi connectivity index (χ1) is 10.1. The summed E-state index contributed by atoms with van der Waals surface area (Å²) in [6.45, 7) is 7.17. The fraction of sp³-hybridized carbons (Fsp3) is 0.375. The predicted molar refractivity (Wildman–Crippen MR) is 92.4 cm³/mol. The normalized spacial score (nSPS) is 10.5. The molecule has 0 spiro atoms. The van der Waals surface area contributed by atoms with E-state index in [1.165, 1.54) is 0 Å². The summed E-state index contributed by atoms with van der Waals surface area (Å²) in [5.74, 6) is 2.63. The summed E-state index contributed by atoms with van der Waals surface area (Å²) in [7, 11) is 0. The number of nitrogens with one attached hydrogen (secondary N) is 2. The minimum atomic E-state index is 0.816. The van der Waals surface area contributed by atoms with E-state index in [0.29, 0.717) is 0 Å². The van der Waals surface area contributed by atoms with E-state index in [-0.39, 0.29) is 0 Å². The van der Waals surface area contributed by atoms with Crippen LogP contribution in [0.25, 0.3) is 0 Å². The van der Waals surface area contributed by atoms with Crippen molar-refractivity contribution in [3.05, 3.63) is 40.1 Å². The molecule has 21 heavy (non-hydrogen) atoms. The molecule has 0 atom stereocenters. The second-order valence-corrected chi connectivity index (χ2v) is 5.79. The summed E-state index contributed by atoms with van der Waals surface area (Å²) in [6, 6.07) is 8.07. The minimum absolute atomic E-state index is 0.816. The topological polar surface area (TPSA) is 49.8 Å². The van der Waals surface area contributed by atoms with E-state index in [2.05, 4.69) is 50.4 Å². The Hall–Kier alpha value is -1.62. The van der Waals surface area contributed by atoms with Crippen molar-refractivity contribution in [3.63, 3.8) is 0 Å². The van der Waals surface area contributed by atoms with Crippen LogP contribution in [0.1, 0.15) is 31.7 Å². The molecule has 0 unspecified atom stereocenters. The van der Waals surface area contributed by atoms with E-state index >= 15 is 0 Å². The maximum Gasteiger partial charge on any atom is 0.139 e. The fourth-order valence-corrected chi connectivity index (χ4v) is 2.19. The molecule has 0 fully saturated rings. The third kappa shape index (κ3) is 4.17. The Balaban J connectivity index is 2.30. The molecule has 1 aromatic heterocycles. The largest absolute Gasteiger partial charge is 0.370 e. The summed E-state index contributed by atoms with van der Waals surface area (Å²) in [5, 5.41) is 6.75. The lowest BCUT2D eigenvalue weighted by atomic mass is 10.2. The fourth-order valence-electron chi connectivity index (χ4n) is 1.93. The average Bonchev–Trinajstić information content (AvgIpc) is 2.50. The van der Waals surface area contributed by atoms with Gasteiger partial charge in [0.05, 0.1) is 0 Å². The molecule has 0 saturated heterocycles. The molecule has 4 nitrogen and oxygen atoms in total. The number of halogens is 1. The van der Waals surface area contributed by atoms with Crippen LogP contribution in [0.4, 0.5) is 17.3 Å². The van der Waals surface area contributed by atoms with Gasteiger partial charge in [0.1, 0.15) is 17.5 Å². The van der Waals surface area contributed by atoms with E-state index in [9.17, 15) is 0 Å². The van der Waals surface area contributed by atoms with E-state index in [0.717, 1.165) is 52.6 Å². The van der Waals surface area contributed by atoms with Gasteiger partial charge in [0.15, 0.2) is 0 Å². The van der Waals surface area contributed by atoms with Gasteiger partial charge in [-0.25, -0.2) is 9.97 Å². The first-order valence-corrected chi connectivity index (χ1v) is 8.07. The van der Waals surface area contributed by atoms with Crippen LogP contribution in [-0.4, -0.2) is 16.5 Å². The Morgan fingerprint density at radius 3 is 2.33 bits per heavy atom. The maximum absolute atomic E-state index is 4.60. The third-order valence-corrected chi connectivity index (χ3v) is 3.69. The summed E-state index contributed by atoms with van der Waals surface area (Å²) in [6.07, 6.45) is 1.89. The highest BCUT2D eigenvalue weighted by Gasteiger charge is 2.10. The lowest BCUT2D eigenvalue weighted by Crippen LogP contribution is -2.10. The van der Waals surface area contributed by atoms with Crippen molar-refractivity contribution >= 4 is 33.3 Å². The molecule has 2 N–H and O–H groups in total. The highest BCUT2D eigenvalue weighted by Crippen LogP contribution is 2.24.